The zero-order valence-electron chi connectivity index (χ0n) is 9.66. The molecule has 88 valence electrons. The maximum absolute atomic E-state index is 5.92. The Morgan fingerprint density at radius 2 is 1.88 bits per heavy atom. The van der Waals surface area contributed by atoms with Gasteiger partial charge in [-0.3, -0.25) is 0 Å². The molecule has 0 aliphatic heterocycles. The maximum atomic E-state index is 5.92. The number of nitrogens with one attached hydrogen (secondary N) is 2. The lowest BCUT2D eigenvalue weighted by Gasteiger charge is -2.08. The molecule has 2 aromatic rings. The fourth-order valence-electron chi connectivity index (χ4n) is 1.47. The van der Waals surface area contributed by atoms with E-state index in [1.807, 2.05) is 44.3 Å². The molecule has 1 aromatic carbocycles. The van der Waals surface area contributed by atoms with E-state index in [0.717, 1.165) is 17.3 Å². The van der Waals surface area contributed by atoms with Gasteiger partial charge in [0, 0.05) is 23.8 Å². The monoisotopic (exact) mass is 248 g/mol. The fraction of sp³-hybridized carbons (Fsp3) is 0.167. The molecule has 0 saturated heterocycles. The number of anilines is 3. The highest BCUT2D eigenvalue weighted by atomic mass is 35.5. The predicted molar refractivity (Wildman–Crippen MR) is 71.1 cm³/mol. The van der Waals surface area contributed by atoms with Gasteiger partial charge in [-0.2, -0.15) is 0 Å². The number of rotatable bonds is 3. The van der Waals surface area contributed by atoms with Crippen molar-refractivity contribution in [2.45, 2.75) is 6.92 Å². The summed E-state index contributed by atoms with van der Waals surface area (Å²) >= 11 is 5.92. The molecule has 0 saturated carbocycles. The highest BCUT2D eigenvalue weighted by Crippen LogP contribution is 2.20. The van der Waals surface area contributed by atoms with Gasteiger partial charge in [0.1, 0.15) is 17.5 Å². The lowest BCUT2D eigenvalue weighted by molar-refractivity contribution is 1.06. The normalized spacial score (nSPS) is 10.1. The topological polar surface area (TPSA) is 49.8 Å². The summed E-state index contributed by atoms with van der Waals surface area (Å²) < 4.78 is 0. The number of aromatic nitrogens is 2. The van der Waals surface area contributed by atoms with Gasteiger partial charge >= 0.3 is 0 Å². The second-order valence-corrected chi connectivity index (χ2v) is 4.01. The summed E-state index contributed by atoms with van der Waals surface area (Å²) in [5.74, 6) is 2.23. The van der Waals surface area contributed by atoms with E-state index in [1.54, 1.807) is 0 Å². The molecule has 1 aromatic heterocycles. The van der Waals surface area contributed by atoms with Crippen LogP contribution in [-0.2, 0) is 0 Å². The van der Waals surface area contributed by atoms with Crippen molar-refractivity contribution in [2.24, 2.45) is 0 Å². The summed E-state index contributed by atoms with van der Waals surface area (Å²) in [5.41, 5.74) is 0.901. The Hall–Kier alpha value is -1.81. The van der Waals surface area contributed by atoms with Crippen molar-refractivity contribution in [1.82, 2.24) is 9.97 Å². The molecule has 5 heteroatoms. The van der Waals surface area contributed by atoms with E-state index in [-0.39, 0.29) is 0 Å². The molecule has 4 nitrogen and oxygen atoms in total. The van der Waals surface area contributed by atoms with Crippen LogP contribution in [0, 0.1) is 6.92 Å². The van der Waals surface area contributed by atoms with E-state index in [1.165, 1.54) is 0 Å². The Bertz CT molecular complexity index is 528. The zero-order chi connectivity index (χ0) is 12.3. The Morgan fingerprint density at radius 3 is 2.59 bits per heavy atom. The van der Waals surface area contributed by atoms with Gasteiger partial charge < -0.3 is 10.6 Å². The first-order chi connectivity index (χ1) is 8.17. The summed E-state index contributed by atoms with van der Waals surface area (Å²) in [6.45, 7) is 1.85. The van der Waals surface area contributed by atoms with Crippen molar-refractivity contribution in [1.29, 1.82) is 0 Å². The SMILES string of the molecule is CNc1cc(Nc2cccc(Cl)c2)nc(C)n1. The largest absolute Gasteiger partial charge is 0.373 e. The van der Waals surface area contributed by atoms with E-state index in [9.17, 15) is 0 Å². The third kappa shape index (κ3) is 3.07. The first-order valence-electron chi connectivity index (χ1n) is 5.23. The van der Waals surface area contributed by atoms with Crippen molar-refractivity contribution < 1.29 is 0 Å². The molecule has 0 aliphatic carbocycles. The lowest BCUT2D eigenvalue weighted by Crippen LogP contribution is -2.01. The van der Waals surface area contributed by atoms with Crippen LogP contribution in [0.5, 0.6) is 0 Å². The van der Waals surface area contributed by atoms with Crippen LogP contribution in [-0.4, -0.2) is 17.0 Å². The van der Waals surface area contributed by atoms with Gasteiger partial charge in [0.25, 0.3) is 0 Å². The summed E-state index contributed by atoms with van der Waals surface area (Å²) in [6.07, 6.45) is 0. The number of benzene rings is 1. The summed E-state index contributed by atoms with van der Waals surface area (Å²) in [7, 11) is 1.82. The molecule has 0 atom stereocenters. The average Bonchev–Trinajstić information content (AvgIpc) is 2.28. The Labute approximate surface area is 105 Å². The Morgan fingerprint density at radius 1 is 1.12 bits per heavy atom. The van der Waals surface area contributed by atoms with E-state index in [2.05, 4.69) is 20.6 Å². The molecule has 0 spiro atoms. The van der Waals surface area contributed by atoms with Crippen LogP contribution in [0.3, 0.4) is 0 Å². The summed E-state index contributed by atoms with van der Waals surface area (Å²) in [6, 6.07) is 9.34. The summed E-state index contributed by atoms with van der Waals surface area (Å²) in [4.78, 5) is 8.52. The minimum Gasteiger partial charge on any atom is -0.373 e. The second-order valence-electron chi connectivity index (χ2n) is 3.57. The van der Waals surface area contributed by atoms with Crippen LogP contribution in [0.15, 0.2) is 30.3 Å². The van der Waals surface area contributed by atoms with Crippen molar-refractivity contribution in [3.05, 3.63) is 41.2 Å². The van der Waals surface area contributed by atoms with Gasteiger partial charge in [-0.25, -0.2) is 9.97 Å². The lowest BCUT2D eigenvalue weighted by atomic mass is 10.3. The zero-order valence-corrected chi connectivity index (χ0v) is 10.4. The van der Waals surface area contributed by atoms with Crippen molar-refractivity contribution in [3.63, 3.8) is 0 Å². The van der Waals surface area contributed by atoms with Crippen LogP contribution >= 0.6 is 11.6 Å². The van der Waals surface area contributed by atoms with Crippen LogP contribution in [0.1, 0.15) is 5.82 Å². The molecule has 17 heavy (non-hydrogen) atoms. The smallest absolute Gasteiger partial charge is 0.136 e. The molecule has 0 unspecified atom stereocenters. The molecule has 2 N–H and O–H groups in total. The first-order valence-corrected chi connectivity index (χ1v) is 5.61. The minimum absolute atomic E-state index is 0.689. The molecular formula is C12H13ClN4. The minimum atomic E-state index is 0.689. The quantitative estimate of drug-likeness (QED) is 0.876. The van der Waals surface area contributed by atoms with E-state index < -0.39 is 0 Å². The van der Waals surface area contributed by atoms with Gasteiger partial charge in [-0.1, -0.05) is 17.7 Å². The van der Waals surface area contributed by atoms with Crippen molar-refractivity contribution >= 4 is 28.9 Å². The van der Waals surface area contributed by atoms with Gasteiger partial charge in [0.2, 0.25) is 0 Å². The number of nitrogens with zero attached hydrogens (tertiary/aromatic N) is 2. The maximum Gasteiger partial charge on any atom is 0.136 e. The van der Waals surface area contributed by atoms with E-state index in [4.69, 9.17) is 11.6 Å². The van der Waals surface area contributed by atoms with Gasteiger partial charge in [-0.15, -0.1) is 0 Å². The third-order valence-corrected chi connectivity index (χ3v) is 2.43. The highest BCUT2D eigenvalue weighted by Gasteiger charge is 2.01. The molecule has 0 fully saturated rings. The van der Waals surface area contributed by atoms with Crippen LogP contribution in [0.4, 0.5) is 17.3 Å². The third-order valence-electron chi connectivity index (χ3n) is 2.19. The fourth-order valence-corrected chi connectivity index (χ4v) is 1.66. The Balaban J connectivity index is 2.26. The molecule has 0 bridgehead atoms. The molecular weight excluding hydrogens is 236 g/mol. The predicted octanol–water partition coefficient (Wildman–Crippen LogP) is 3.22. The molecule has 0 radical (unpaired) electrons. The second kappa shape index (κ2) is 5.01. The molecule has 1 heterocycles. The molecule has 0 amide bonds. The van der Waals surface area contributed by atoms with E-state index in [0.29, 0.717) is 10.8 Å². The van der Waals surface area contributed by atoms with Gasteiger partial charge in [0.05, 0.1) is 0 Å². The number of hydrogen-bond donors (Lipinski definition) is 2. The number of hydrogen-bond acceptors (Lipinski definition) is 4. The molecule has 2 rings (SSSR count). The van der Waals surface area contributed by atoms with Crippen LogP contribution in [0.2, 0.25) is 5.02 Å². The number of halogens is 1. The summed E-state index contributed by atoms with van der Waals surface area (Å²) in [5, 5.41) is 6.86. The van der Waals surface area contributed by atoms with Gasteiger partial charge in [0.15, 0.2) is 0 Å². The highest BCUT2D eigenvalue weighted by molar-refractivity contribution is 6.30. The number of aryl methyl sites for hydroxylation is 1. The molecule has 0 aliphatic rings. The van der Waals surface area contributed by atoms with Gasteiger partial charge in [-0.05, 0) is 25.1 Å². The van der Waals surface area contributed by atoms with Crippen LogP contribution < -0.4 is 10.6 Å². The Kier molecular flexibility index (Phi) is 3.44. The van der Waals surface area contributed by atoms with Crippen molar-refractivity contribution in [2.75, 3.05) is 17.7 Å². The first kappa shape index (κ1) is 11.7. The van der Waals surface area contributed by atoms with Crippen LogP contribution in [0.25, 0.3) is 0 Å². The standard InChI is InChI=1S/C12H13ClN4/c1-8-15-11(14-2)7-12(16-8)17-10-5-3-4-9(13)6-10/h3-7H,1-2H3,(H2,14,15,16,17). The van der Waals surface area contributed by atoms with Crippen molar-refractivity contribution in [3.8, 4) is 0 Å². The van der Waals surface area contributed by atoms with E-state index >= 15 is 0 Å². The average molecular weight is 249 g/mol.